The summed E-state index contributed by atoms with van der Waals surface area (Å²) < 4.78 is 0. The molecule has 2 nitrogen and oxygen atoms in total. The van der Waals surface area contributed by atoms with Gasteiger partial charge >= 0.3 is 0 Å². The van der Waals surface area contributed by atoms with Crippen molar-refractivity contribution in [3.05, 3.63) is 35.4 Å². The number of benzene rings is 1. The van der Waals surface area contributed by atoms with Crippen molar-refractivity contribution in [2.75, 3.05) is 0 Å². The van der Waals surface area contributed by atoms with Crippen LogP contribution in [0, 0.1) is 5.92 Å². The average Bonchev–Trinajstić information content (AvgIpc) is 2.46. The smallest absolute Gasteiger partial charge is 0.223 e. The zero-order valence-corrected chi connectivity index (χ0v) is 13.5. The normalized spacial score (nSPS) is 12.2. The summed E-state index contributed by atoms with van der Waals surface area (Å²) in [6.45, 7) is 4.88. The quantitative estimate of drug-likeness (QED) is 0.704. The van der Waals surface area contributed by atoms with Crippen LogP contribution in [0.1, 0.15) is 50.7 Å². The fourth-order valence-corrected chi connectivity index (χ4v) is 2.48. The summed E-state index contributed by atoms with van der Waals surface area (Å²) in [5.41, 5.74) is 2.40. The third kappa shape index (κ3) is 5.77. The van der Waals surface area contributed by atoms with Crippen molar-refractivity contribution in [2.45, 2.75) is 51.4 Å². The SMILES string of the molecule is CCCCC(CC)C(=O)NCc1cccc(CBr)c1. The molecule has 0 aliphatic rings. The summed E-state index contributed by atoms with van der Waals surface area (Å²) in [7, 11) is 0. The van der Waals surface area contributed by atoms with Crippen molar-refractivity contribution in [2.24, 2.45) is 5.92 Å². The van der Waals surface area contributed by atoms with E-state index in [1.54, 1.807) is 0 Å². The van der Waals surface area contributed by atoms with Crippen LogP contribution >= 0.6 is 15.9 Å². The number of alkyl halides is 1. The van der Waals surface area contributed by atoms with Crippen LogP contribution in [0.3, 0.4) is 0 Å². The minimum Gasteiger partial charge on any atom is -0.352 e. The maximum Gasteiger partial charge on any atom is 0.223 e. The lowest BCUT2D eigenvalue weighted by Crippen LogP contribution is -2.30. The van der Waals surface area contributed by atoms with Gasteiger partial charge in [-0.1, -0.05) is 66.9 Å². The Morgan fingerprint density at radius 1 is 1.32 bits per heavy atom. The molecule has 0 saturated heterocycles. The third-order valence-electron chi connectivity index (χ3n) is 3.38. The Labute approximate surface area is 125 Å². The van der Waals surface area contributed by atoms with Crippen LogP contribution in [0.25, 0.3) is 0 Å². The van der Waals surface area contributed by atoms with E-state index in [1.807, 2.05) is 6.07 Å². The second-order valence-corrected chi connectivity index (χ2v) is 5.48. The van der Waals surface area contributed by atoms with E-state index in [0.29, 0.717) is 6.54 Å². The van der Waals surface area contributed by atoms with Crippen molar-refractivity contribution < 1.29 is 4.79 Å². The zero-order chi connectivity index (χ0) is 14.1. The molecule has 0 bridgehead atoms. The third-order valence-corrected chi connectivity index (χ3v) is 4.03. The van der Waals surface area contributed by atoms with Crippen LogP contribution in [0.15, 0.2) is 24.3 Å². The number of carbonyl (C=O) groups is 1. The molecular weight excluding hydrogens is 302 g/mol. The van der Waals surface area contributed by atoms with E-state index in [1.165, 1.54) is 5.56 Å². The minimum atomic E-state index is 0.166. The van der Waals surface area contributed by atoms with E-state index in [9.17, 15) is 4.79 Å². The van der Waals surface area contributed by atoms with Gasteiger partial charge in [-0.05, 0) is 24.0 Å². The molecule has 0 aliphatic carbocycles. The summed E-state index contributed by atoms with van der Waals surface area (Å²) >= 11 is 3.45. The van der Waals surface area contributed by atoms with Gasteiger partial charge in [0.25, 0.3) is 0 Å². The second kappa shape index (κ2) is 9.13. The van der Waals surface area contributed by atoms with Crippen LogP contribution in [-0.4, -0.2) is 5.91 Å². The van der Waals surface area contributed by atoms with Gasteiger partial charge in [0.2, 0.25) is 5.91 Å². The monoisotopic (exact) mass is 325 g/mol. The van der Waals surface area contributed by atoms with Gasteiger partial charge in [0.15, 0.2) is 0 Å². The van der Waals surface area contributed by atoms with Gasteiger partial charge in [0.1, 0.15) is 0 Å². The molecule has 0 aliphatic heterocycles. The maximum absolute atomic E-state index is 12.1. The number of halogens is 1. The second-order valence-electron chi connectivity index (χ2n) is 4.92. The summed E-state index contributed by atoms with van der Waals surface area (Å²) in [6, 6.07) is 8.30. The summed E-state index contributed by atoms with van der Waals surface area (Å²) in [5.74, 6) is 0.361. The lowest BCUT2D eigenvalue weighted by atomic mass is 9.98. The highest BCUT2D eigenvalue weighted by atomic mass is 79.9. The molecule has 1 atom stereocenters. The fourth-order valence-electron chi connectivity index (χ4n) is 2.13. The fraction of sp³-hybridized carbons (Fsp3) is 0.562. The highest BCUT2D eigenvalue weighted by Gasteiger charge is 2.15. The molecule has 0 radical (unpaired) electrons. The van der Waals surface area contributed by atoms with Gasteiger partial charge in [0, 0.05) is 17.8 Å². The first-order valence-electron chi connectivity index (χ1n) is 7.12. The molecule has 3 heteroatoms. The summed E-state index contributed by atoms with van der Waals surface area (Å²) in [4.78, 5) is 12.1. The Morgan fingerprint density at radius 2 is 2.05 bits per heavy atom. The molecule has 106 valence electrons. The Bertz CT molecular complexity index is 392. The van der Waals surface area contributed by atoms with Crippen molar-refractivity contribution in [3.8, 4) is 0 Å². The molecule has 0 saturated carbocycles. The van der Waals surface area contributed by atoms with Gasteiger partial charge in [0.05, 0.1) is 0 Å². The van der Waals surface area contributed by atoms with Gasteiger partial charge in [-0.25, -0.2) is 0 Å². The van der Waals surface area contributed by atoms with Crippen LogP contribution in [0.2, 0.25) is 0 Å². The Hall–Kier alpha value is -0.830. The van der Waals surface area contributed by atoms with E-state index in [0.717, 1.165) is 36.6 Å². The predicted molar refractivity (Wildman–Crippen MR) is 84.2 cm³/mol. The van der Waals surface area contributed by atoms with Crippen molar-refractivity contribution in [1.29, 1.82) is 0 Å². The molecule has 1 aromatic carbocycles. The highest BCUT2D eigenvalue weighted by molar-refractivity contribution is 9.08. The maximum atomic E-state index is 12.1. The standard InChI is InChI=1S/C16H24BrNO/c1-3-5-9-15(4-2)16(19)18-12-14-8-6-7-13(10-14)11-17/h6-8,10,15H,3-5,9,11-12H2,1-2H3,(H,18,19). The summed E-state index contributed by atoms with van der Waals surface area (Å²) in [5, 5.41) is 3.91. The molecule has 1 amide bonds. The molecule has 1 aromatic rings. The van der Waals surface area contributed by atoms with Gasteiger partial charge < -0.3 is 5.32 Å². The van der Waals surface area contributed by atoms with Crippen LogP contribution in [0.5, 0.6) is 0 Å². The molecule has 1 unspecified atom stereocenters. The number of hydrogen-bond donors (Lipinski definition) is 1. The molecule has 0 heterocycles. The van der Waals surface area contributed by atoms with Crippen LogP contribution in [0.4, 0.5) is 0 Å². The van der Waals surface area contributed by atoms with E-state index in [-0.39, 0.29) is 11.8 Å². The molecule has 0 aromatic heterocycles. The zero-order valence-electron chi connectivity index (χ0n) is 11.9. The molecular formula is C16H24BrNO. The predicted octanol–water partition coefficient (Wildman–Crippen LogP) is 4.41. The van der Waals surface area contributed by atoms with Gasteiger partial charge in [-0.15, -0.1) is 0 Å². The van der Waals surface area contributed by atoms with Gasteiger partial charge in [-0.3, -0.25) is 4.79 Å². The topological polar surface area (TPSA) is 29.1 Å². The van der Waals surface area contributed by atoms with Crippen molar-refractivity contribution in [3.63, 3.8) is 0 Å². The Morgan fingerprint density at radius 3 is 2.68 bits per heavy atom. The van der Waals surface area contributed by atoms with Crippen LogP contribution in [-0.2, 0) is 16.7 Å². The molecule has 1 N–H and O–H groups in total. The molecule has 0 spiro atoms. The van der Waals surface area contributed by atoms with E-state index in [4.69, 9.17) is 0 Å². The number of hydrogen-bond acceptors (Lipinski definition) is 1. The number of carbonyl (C=O) groups excluding carboxylic acids is 1. The van der Waals surface area contributed by atoms with Gasteiger partial charge in [-0.2, -0.15) is 0 Å². The first kappa shape index (κ1) is 16.2. The molecule has 19 heavy (non-hydrogen) atoms. The largest absolute Gasteiger partial charge is 0.352 e. The lowest BCUT2D eigenvalue weighted by molar-refractivity contribution is -0.125. The Kier molecular flexibility index (Phi) is 7.80. The lowest BCUT2D eigenvalue weighted by Gasteiger charge is -2.14. The number of unbranched alkanes of at least 4 members (excludes halogenated alkanes) is 1. The van der Waals surface area contributed by atoms with E-state index in [2.05, 4.69) is 53.3 Å². The minimum absolute atomic E-state index is 0.166. The Balaban J connectivity index is 2.47. The highest BCUT2D eigenvalue weighted by Crippen LogP contribution is 2.13. The van der Waals surface area contributed by atoms with E-state index >= 15 is 0 Å². The number of rotatable bonds is 8. The van der Waals surface area contributed by atoms with Crippen molar-refractivity contribution in [1.82, 2.24) is 5.32 Å². The number of nitrogens with one attached hydrogen (secondary N) is 1. The molecule has 0 fully saturated rings. The summed E-state index contributed by atoms with van der Waals surface area (Å²) in [6.07, 6.45) is 4.20. The average molecular weight is 326 g/mol. The first-order valence-corrected chi connectivity index (χ1v) is 8.24. The number of amides is 1. The first-order chi connectivity index (χ1) is 9.21. The molecule has 1 rings (SSSR count). The van der Waals surface area contributed by atoms with Crippen LogP contribution < -0.4 is 5.32 Å². The van der Waals surface area contributed by atoms with E-state index < -0.39 is 0 Å². The van der Waals surface area contributed by atoms with Crippen molar-refractivity contribution >= 4 is 21.8 Å².